The second kappa shape index (κ2) is 8.47. The first-order valence-corrected chi connectivity index (χ1v) is 10.8. The number of carbonyl (C=O) groups is 1. The van der Waals surface area contributed by atoms with Gasteiger partial charge >= 0.3 is 0 Å². The predicted molar refractivity (Wildman–Crippen MR) is 112 cm³/mol. The number of aliphatic hydroxyl groups is 1. The van der Waals surface area contributed by atoms with Gasteiger partial charge in [0, 0.05) is 12.4 Å². The largest absolute Gasteiger partial charge is 0.389 e. The highest BCUT2D eigenvalue weighted by molar-refractivity contribution is 5.83. The first-order chi connectivity index (χ1) is 14.4. The number of aliphatic hydroxyl groups excluding tert-OH is 1. The van der Waals surface area contributed by atoms with Crippen molar-refractivity contribution in [3.8, 4) is 0 Å². The zero-order valence-corrected chi connectivity index (χ0v) is 17.7. The maximum absolute atomic E-state index is 14.4. The van der Waals surface area contributed by atoms with Gasteiger partial charge in [0.2, 0.25) is 5.91 Å². The van der Waals surface area contributed by atoms with Crippen LogP contribution in [0.25, 0.3) is 0 Å². The molecule has 162 valence electrons. The van der Waals surface area contributed by atoms with Crippen molar-refractivity contribution in [3.63, 3.8) is 0 Å². The molecule has 1 aromatic carbocycles. The van der Waals surface area contributed by atoms with Crippen molar-refractivity contribution in [2.45, 2.75) is 57.2 Å². The molecule has 1 saturated heterocycles. The van der Waals surface area contributed by atoms with Crippen LogP contribution in [0.1, 0.15) is 43.1 Å². The summed E-state index contributed by atoms with van der Waals surface area (Å²) in [6.45, 7) is 3.51. The number of carbonyl (C=O) groups excluding carboxylic acids is 1. The zero-order chi connectivity index (χ0) is 21.3. The Labute approximate surface area is 177 Å². The molecule has 3 atom stereocenters. The van der Waals surface area contributed by atoms with E-state index in [0.717, 1.165) is 25.3 Å². The van der Waals surface area contributed by atoms with E-state index in [1.807, 2.05) is 30.8 Å². The molecule has 7 heteroatoms. The second-order valence-corrected chi connectivity index (χ2v) is 8.95. The number of halogens is 1. The minimum Gasteiger partial charge on any atom is -0.389 e. The molecule has 2 aromatic rings. The van der Waals surface area contributed by atoms with Crippen LogP contribution in [0.3, 0.4) is 0 Å². The Balaban J connectivity index is 1.51. The third-order valence-electron chi connectivity index (χ3n) is 7.03. The number of rotatable bonds is 5. The molecule has 0 unspecified atom stereocenters. The van der Waals surface area contributed by atoms with Crippen LogP contribution < -0.4 is 5.32 Å². The third kappa shape index (κ3) is 4.01. The van der Waals surface area contributed by atoms with E-state index in [9.17, 15) is 14.3 Å². The highest BCUT2D eigenvalue weighted by atomic mass is 19.1. The predicted octanol–water partition coefficient (Wildman–Crippen LogP) is 2.47. The van der Waals surface area contributed by atoms with Crippen LogP contribution in [0.5, 0.6) is 0 Å². The standard InChI is InChI=1S/C23H31FN4O2/c1-16-25-11-14-28(16)20-8-7-19(21(20)29)26-22(30)23(9-12-27(2)13-10-23)15-17-5-3-4-6-18(17)24/h3-6,11,14,19-21,29H,7-10,12-13,15H2,1-2H3,(H,26,30)/t19-,20-,21-/m1/s1. The average Bonchev–Trinajstić information content (AvgIpc) is 3.31. The second-order valence-electron chi connectivity index (χ2n) is 8.95. The summed E-state index contributed by atoms with van der Waals surface area (Å²) >= 11 is 0. The van der Waals surface area contributed by atoms with Gasteiger partial charge in [-0.25, -0.2) is 9.37 Å². The fraction of sp³-hybridized carbons (Fsp3) is 0.565. The Morgan fingerprint density at radius 1 is 1.30 bits per heavy atom. The number of hydrogen-bond acceptors (Lipinski definition) is 4. The molecule has 30 heavy (non-hydrogen) atoms. The van der Waals surface area contributed by atoms with Crippen molar-refractivity contribution in [3.05, 3.63) is 53.9 Å². The number of benzene rings is 1. The smallest absolute Gasteiger partial charge is 0.226 e. The van der Waals surface area contributed by atoms with E-state index in [4.69, 9.17) is 0 Å². The van der Waals surface area contributed by atoms with Crippen LogP contribution in [0.15, 0.2) is 36.7 Å². The Hall–Kier alpha value is -2.25. The minimum absolute atomic E-state index is 0.0640. The lowest BCUT2D eigenvalue weighted by molar-refractivity contribution is -0.135. The van der Waals surface area contributed by atoms with Crippen molar-refractivity contribution < 1.29 is 14.3 Å². The number of aromatic nitrogens is 2. The number of nitrogens with one attached hydrogen (secondary N) is 1. The molecule has 2 fully saturated rings. The lowest BCUT2D eigenvalue weighted by Crippen LogP contribution is -2.53. The van der Waals surface area contributed by atoms with Crippen molar-refractivity contribution in [1.29, 1.82) is 0 Å². The summed E-state index contributed by atoms with van der Waals surface area (Å²) in [6, 6.07) is 6.32. The van der Waals surface area contributed by atoms with Crippen LogP contribution >= 0.6 is 0 Å². The fourth-order valence-electron chi connectivity index (χ4n) is 5.02. The van der Waals surface area contributed by atoms with E-state index >= 15 is 0 Å². The van der Waals surface area contributed by atoms with E-state index in [1.165, 1.54) is 6.07 Å². The molecule has 1 amide bonds. The van der Waals surface area contributed by atoms with Gasteiger partial charge in [0.15, 0.2) is 0 Å². The van der Waals surface area contributed by atoms with Gasteiger partial charge in [-0.2, -0.15) is 0 Å². The molecule has 2 N–H and O–H groups in total. The number of aryl methyl sites for hydroxylation is 1. The molecule has 2 heterocycles. The molecule has 4 rings (SSSR count). The van der Waals surface area contributed by atoms with Gasteiger partial charge in [0.05, 0.1) is 23.6 Å². The van der Waals surface area contributed by atoms with Gasteiger partial charge in [0.1, 0.15) is 11.6 Å². The molecule has 1 aliphatic heterocycles. The van der Waals surface area contributed by atoms with Crippen LogP contribution in [-0.4, -0.2) is 57.7 Å². The molecule has 0 bridgehead atoms. The van der Waals surface area contributed by atoms with Gasteiger partial charge in [-0.15, -0.1) is 0 Å². The lowest BCUT2D eigenvalue weighted by atomic mass is 9.72. The number of hydrogen-bond donors (Lipinski definition) is 2. The number of piperidine rings is 1. The summed E-state index contributed by atoms with van der Waals surface area (Å²) in [6.07, 6.45) is 6.18. The molecule has 0 spiro atoms. The molecule has 1 aliphatic carbocycles. The Morgan fingerprint density at radius 2 is 2.03 bits per heavy atom. The highest BCUT2D eigenvalue weighted by Crippen LogP contribution is 2.38. The summed E-state index contributed by atoms with van der Waals surface area (Å²) in [4.78, 5) is 20.0. The molecule has 6 nitrogen and oxygen atoms in total. The van der Waals surface area contributed by atoms with Crippen molar-refractivity contribution in [1.82, 2.24) is 19.8 Å². The van der Waals surface area contributed by atoms with Crippen LogP contribution in [-0.2, 0) is 11.2 Å². The maximum atomic E-state index is 14.4. The van der Waals surface area contributed by atoms with Crippen molar-refractivity contribution in [2.24, 2.45) is 5.41 Å². The summed E-state index contributed by atoms with van der Waals surface area (Å²) in [7, 11) is 2.05. The molecular formula is C23H31FN4O2. The molecule has 1 saturated carbocycles. The van der Waals surface area contributed by atoms with Crippen LogP contribution in [0.4, 0.5) is 4.39 Å². The normalized spacial score (nSPS) is 26.6. The van der Waals surface area contributed by atoms with E-state index in [2.05, 4.69) is 15.2 Å². The van der Waals surface area contributed by atoms with E-state index in [1.54, 1.807) is 18.3 Å². The Bertz CT molecular complexity index is 891. The van der Waals surface area contributed by atoms with Gasteiger partial charge in [0.25, 0.3) is 0 Å². The molecule has 2 aliphatic rings. The minimum atomic E-state index is -0.668. The maximum Gasteiger partial charge on any atom is 0.226 e. The van der Waals surface area contributed by atoms with E-state index in [-0.39, 0.29) is 23.8 Å². The SMILES string of the molecule is Cc1nccn1[C@@H]1CC[C@@H](NC(=O)C2(Cc3ccccc3F)CCN(C)CC2)[C@H]1O. The average molecular weight is 415 g/mol. The Kier molecular flexibility index (Phi) is 5.93. The molecule has 0 radical (unpaired) electrons. The number of likely N-dealkylation sites (tertiary alicyclic amines) is 1. The van der Waals surface area contributed by atoms with Crippen LogP contribution in [0, 0.1) is 18.2 Å². The van der Waals surface area contributed by atoms with E-state index in [0.29, 0.717) is 31.2 Å². The lowest BCUT2D eigenvalue weighted by Gasteiger charge is -2.40. The van der Waals surface area contributed by atoms with Gasteiger partial charge in [-0.05, 0) is 70.8 Å². The van der Waals surface area contributed by atoms with Gasteiger partial charge < -0.3 is 19.9 Å². The quantitative estimate of drug-likeness (QED) is 0.789. The first kappa shape index (κ1) is 21.0. The summed E-state index contributed by atoms with van der Waals surface area (Å²) in [5.41, 5.74) is -0.0756. The summed E-state index contributed by atoms with van der Waals surface area (Å²) < 4.78 is 16.4. The summed E-state index contributed by atoms with van der Waals surface area (Å²) in [5.74, 6) is 0.531. The van der Waals surface area contributed by atoms with Crippen molar-refractivity contribution >= 4 is 5.91 Å². The number of imidazole rings is 1. The third-order valence-corrected chi connectivity index (χ3v) is 7.03. The first-order valence-electron chi connectivity index (χ1n) is 10.8. The number of nitrogens with zero attached hydrogens (tertiary/aromatic N) is 3. The zero-order valence-electron chi connectivity index (χ0n) is 17.7. The number of amides is 1. The van der Waals surface area contributed by atoms with Crippen molar-refractivity contribution in [2.75, 3.05) is 20.1 Å². The topological polar surface area (TPSA) is 70.4 Å². The summed E-state index contributed by atoms with van der Waals surface area (Å²) in [5, 5.41) is 14.1. The monoisotopic (exact) mass is 414 g/mol. The molecular weight excluding hydrogens is 383 g/mol. The van der Waals surface area contributed by atoms with Gasteiger partial charge in [-0.3, -0.25) is 4.79 Å². The molecule has 1 aromatic heterocycles. The van der Waals surface area contributed by atoms with Gasteiger partial charge in [-0.1, -0.05) is 18.2 Å². The van der Waals surface area contributed by atoms with Crippen LogP contribution in [0.2, 0.25) is 0 Å². The Morgan fingerprint density at radius 3 is 2.70 bits per heavy atom. The highest BCUT2D eigenvalue weighted by Gasteiger charge is 2.44. The van der Waals surface area contributed by atoms with E-state index < -0.39 is 11.5 Å². The fourth-order valence-corrected chi connectivity index (χ4v) is 5.02.